The number of carbonyl (C=O) groups excluding carboxylic acids is 1. The summed E-state index contributed by atoms with van der Waals surface area (Å²) in [5, 5.41) is 2.62. The highest BCUT2D eigenvalue weighted by Gasteiger charge is 2.29. The van der Waals surface area contributed by atoms with Gasteiger partial charge in [-0.05, 0) is 12.8 Å². The van der Waals surface area contributed by atoms with Crippen LogP contribution in [0.3, 0.4) is 0 Å². The van der Waals surface area contributed by atoms with Crippen molar-refractivity contribution < 1.29 is 22.7 Å². The zero-order valence-electron chi connectivity index (χ0n) is 13.8. The first-order valence-corrected chi connectivity index (χ1v) is 9.89. The predicted molar refractivity (Wildman–Crippen MR) is 93.8 cm³/mol. The number of ether oxygens (including phenoxy) is 2. The largest absolute Gasteiger partial charge is 0.493 e. The molecule has 24 heavy (non-hydrogen) atoms. The SMILES string of the molecule is COc1cc(Cl)c(NC(=O)CCS(=O)(=O)C2CCCC2)cc1OC. The number of halogens is 1. The third-order valence-electron chi connectivity index (χ3n) is 4.17. The van der Waals surface area contributed by atoms with Crippen LogP contribution >= 0.6 is 11.6 Å². The van der Waals surface area contributed by atoms with Crippen LogP contribution in [-0.4, -0.2) is 39.5 Å². The van der Waals surface area contributed by atoms with Gasteiger partial charge in [0.25, 0.3) is 0 Å². The monoisotopic (exact) mass is 375 g/mol. The lowest BCUT2D eigenvalue weighted by Gasteiger charge is -2.13. The summed E-state index contributed by atoms with van der Waals surface area (Å²) in [4.78, 5) is 12.1. The Labute approximate surface area is 147 Å². The standard InChI is InChI=1S/C16H22ClNO5S/c1-22-14-9-12(17)13(10-15(14)23-2)18-16(19)7-8-24(20,21)11-5-3-4-6-11/h9-11H,3-8H2,1-2H3,(H,18,19). The summed E-state index contributed by atoms with van der Waals surface area (Å²) >= 11 is 6.11. The molecule has 6 nitrogen and oxygen atoms in total. The Balaban J connectivity index is 1.99. The Bertz CT molecular complexity index is 699. The van der Waals surface area contributed by atoms with Gasteiger partial charge in [-0.25, -0.2) is 8.42 Å². The highest BCUT2D eigenvalue weighted by molar-refractivity contribution is 7.92. The molecule has 1 aliphatic rings. The number of rotatable bonds is 7. The van der Waals surface area contributed by atoms with Crippen molar-refractivity contribution in [2.24, 2.45) is 0 Å². The highest BCUT2D eigenvalue weighted by Crippen LogP contribution is 2.36. The molecule has 0 spiro atoms. The van der Waals surface area contributed by atoms with E-state index in [-0.39, 0.29) is 17.4 Å². The molecule has 0 saturated heterocycles. The third kappa shape index (κ3) is 4.54. The summed E-state index contributed by atoms with van der Waals surface area (Å²) in [6.07, 6.45) is 3.19. The van der Waals surface area contributed by atoms with Gasteiger partial charge >= 0.3 is 0 Å². The number of nitrogens with one attached hydrogen (secondary N) is 1. The van der Waals surface area contributed by atoms with E-state index in [1.165, 1.54) is 20.3 Å². The number of anilines is 1. The van der Waals surface area contributed by atoms with Crippen LogP contribution in [0.1, 0.15) is 32.1 Å². The van der Waals surface area contributed by atoms with Crippen LogP contribution in [0, 0.1) is 0 Å². The molecule has 1 saturated carbocycles. The van der Waals surface area contributed by atoms with Gasteiger partial charge in [-0.3, -0.25) is 4.79 Å². The van der Waals surface area contributed by atoms with Gasteiger partial charge in [0, 0.05) is 18.6 Å². The molecule has 134 valence electrons. The summed E-state index contributed by atoms with van der Waals surface area (Å²) in [5.41, 5.74) is 0.359. The lowest BCUT2D eigenvalue weighted by atomic mass is 10.2. The summed E-state index contributed by atoms with van der Waals surface area (Å²) < 4.78 is 34.7. The summed E-state index contributed by atoms with van der Waals surface area (Å²) in [5.74, 6) is 0.333. The van der Waals surface area contributed by atoms with Crippen LogP contribution in [0.5, 0.6) is 11.5 Å². The summed E-state index contributed by atoms with van der Waals surface area (Å²) in [6.45, 7) is 0. The van der Waals surface area contributed by atoms with E-state index in [1.54, 1.807) is 6.07 Å². The Morgan fingerprint density at radius 1 is 1.21 bits per heavy atom. The number of carbonyl (C=O) groups is 1. The van der Waals surface area contributed by atoms with E-state index in [2.05, 4.69) is 5.32 Å². The molecule has 0 atom stereocenters. The Morgan fingerprint density at radius 3 is 2.38 bits per heavy atom. The number of amides is 1. The first-order chi connectivity index (χ1) is 11.4. The average molecular weight is 376 g/mol. The predicted octanol–water partition coefficient (Wildman–Crippen LogP) is 3.04. The molecule has 1 aromatic carbocycles. The molecule has 1 aliphatic carbocycles. The third-order valence-corrected chi connectivity index (χ3v) is 6.74. The summed E-state index contributed by atoms with van der Waals surface area (Å²) in [6, 6.07) is 3.08. The van der Waals surface area contributed by atoms with E-state index in [1.807, 2.05) is 0 Å². The van der Waals surface area contributed by atoms with Gasteiger partial charge in [0.1, 0.15) is 0 Å². The second-order valence-corrected chi connectivity index (χ2v) is 8.57. The molecule has 2 rings (SSSR count). The minimum absolute atomic E-state index is 0.0937. The second-order valence-electron chi connectivity index (χ2n) is 5.76. The van der Waals surface area contributed by atoms with E-state index in [0.717, 1.165) is 12.8 Å². The van der Waals surface area contributed by atoms with Gasteiger partial charge in [0.05, 0.1) is 35.9 Å². The van der Waals surface area contributed by atoms with Crippen LogP contribution in [0.4, 0.5) is 5.69 Å². The Hall–Kier alpha value is -1.47. The number of hydrogen-bond donors (Lipinski definition) is 1. The molecular formula is C16H22ClNO5S. The van der Waals surface area contributed by atoms with Crippen molar-refractivity contribution in [1.82, 2.24) is 0 Å². The van der Waals surface area contributed by atoms with Gasteiger partial charge in [-0.2, -0.15) is 0 Å². The van der Waals surface area contributed by atoms with Crippen molar-refractivity contribution in [2.75, 3.05) is 25.3 Å². The van der Waals surface area contributed by atoms with Crippen LogP contribution in [0.2, 0.25) is 5.02 Å². The van der Waals surface area contributed by atoms with E-state index in [4.69, 9.17) is 21.1 Å². The smallest absolute Gasteiger partial charge is 0.225 e. The van der Waals surface area contributed by atoms with Crippen molar-refractivity contribution in [3.63, 3.8) is 0 Å². The molecule has 1 N–H and O–H groups in total. The van der Waals surface area contributed by atoms with Crippen LogP contribution < -0.4 is 14.8 Å². The second kappa shape index (κ2) is 8.07. The number of methoxy groups -OCH3 is 2. The van der Waals surface area contributed by atoms with Gasteiger partial charge in [-0.1, -0.05) is 24.4 Å². The van der Waals surface area contributed by atoms with E-state index >= 15 is 0 Å². The van der Waals surface area contributed by atoms with Gasteiger partial charge < -0.3 is 14.8 Å². The van der Waals surface area contributed by atoms with E-state index in [9.17, 15) is 13.2 Å². The van der Waals surface area contributed by atoms with Crippen molar-refractivity contribution in [2.45, 2.75) is 37.4 Å². The zero-order valence-corrected chi connectivity index (χ0v) is 15.4. The van der Waals surface area contributed by atoms with E-state index < -0.39 is 15.7 Å². The van der Waals surface area contributed by atoms with E-state index in [0.29, 0.717) is 35.1 Å². The first kappa shape index (κ1) is 18.9. The Kier molecular flexibility index (Phi) is 6.34. The van der Waals surface area contributed by atoms with Crippen molar-refractivity contribution in [1.29, 1.82) is 0 Å². The molecule has 1 fully saturated rings. The average Bonchev–Trinajstić information content (AvgIpc) is 3.10. The molecular weight excluding hydrogens is 354 g/mol. The minimum atomic E-state index is -3.22. The van der Waals surface area contributed by atoms with Crippen molar-refractivity contribution in [3.8, 4) is 11.5 Å². The zero-order chi connectivity index (χ0) is 17.7. The van der Waals surface area contributed by atoms with Gasteiger partial charge in [0.15, 0.2) is 21.3 Å². The molecule has 0 radical (unpaired) electrons. The van der Waals surface area contributed by atoms with Gasteiger partial charge in [0.2, 0.25) is 5.91 Å². The number of hydrogen-bond acceptors (Lipinski definition) is 5. The maximum Gasteiger partial charge on any atom is 0.225 e. The minimum Gasteiger partial charge on any atom is -0.493 e. The molecule has 1 amide bonds. The fourth-order valence-corrected chi connectivity index (χ4v) is 4.87. The maximum atomic E-state index is 12.2. The van der Waals surface area contributed by atoms with Crippen molar-refractivity contribution >= 4 is 33.0 Å². The number of sulfone groups is 1. The van der Waals surface area contributed by atoms with Crippen LogP contribution in [0.25, 0.3) is 0 Å². The fraction of sp³-hybridized carbons (Fsp3) is 0.562. The normalized spacial score (nSPS) is 15.3. The molecule has 0 bridgehead atoms. The Morgan fingerprint density at radius 2 is 1.79 bits per heavy atom. The molecule has 0 unspecified atom stereocenters. The molecule has 0 heterocycles. The fourth-order valence-electron chi connectivity index (χ4n) is 2.81. The van der Waals surface area contributed by atoms with Gasteiger partial charge in [-0.15, -0.1) is 0 Å². The molecule has 8 heteroatoms. The first-order valence-electron chi connectivity index (χ1n) is 7.80. The lowest BCUT2D eigenvalue weighted by Crippen LogP contribution is -2.24. The quantitative estimate of drug-likeness (QED) is 0.792. The molecule has 0 aromatic heterocycles. The maximum absolute atomic E-state index is 12.2. The summed E-state index contributed by atoms with van der Waals surface area (Å²) in [7, 11) is -0.255. The topological polar surface area (TPSA) is 81.7 Å². The lowest BCUT2D eigenvalue weighted by molar-refractivity contribution is -0.115. The van der Waals surface area contributed by atoms with Crippen LogP contribution in [0.15, 0.2) is 12.1 Å². The molecule has 0 aliphatic heterocycles. The highest BCUT2D eigenvalue weighted by atomic mass is 35.5. The number of benzene rings is 1. The van der Waals surface area contributed by atoms with Crippen LogP contribution in [-0.2, 0) is 14.6 Å². The molecule has 1 aromatic rings. The van der Waals surface area contributed by atoms with Crippen molar-refractivity contribution in [3.05, 3.63) is 17.2 Å².